The molecule has 1 atom stereocenters. The molecule has 0 saturated carbocycles. The van der Waals surface area contributed by atoms with Crippen LogP contribution in [0.15, 0.2) is 59.5 Å². The number of hydrogen-bond donors (Lipinski definition) is 2. The van der Waals surface area contributed by atoms with Gasteiger partial charge in [-0.05, 0) is 29.7 Å². The number of nitrogens with two attached hydrogens (primary N) is 1. The van der Waals surface area contributed by atoms with Gasteiger partial charge in [-0.25, -0.2) is 13.6 Å². The van der Waals surface area contributed by atoms with Crippen LogP contribution in [0.1, 0.15) is 25.5 Å². The van der Waals surface area contributed by atoms with E-state index in [-0.39, 0.29) is 10.9 Å². The molecule has 21 heavy (non-hydrogen) atoms. The lowest BCUT2D eigenvalue weighted by Crippen LogP contribution is -2.17. The molecule has 5 heteroatoms. The Labute approximate surface area is 126 Å². The first-order valence-corrected chi connectivity index (χ1v) is 8.37. The maximum absolute atomic E-state index is 11.4. The van der Waals surface area contributed by atoms with Gasteiger partial charge in [-0.2, -0.15) is 0 Å². The summed E-state index contributed by atoms with van der Waals surface area (Å²) in [6.07, 6.45) is 0. The molecule has 0 saturated heterocycles. The first kappa shape index (κ1) is 15.5. The number of sulfonamides is 1. The van der Waals surface area contributed by atoms with Crippen molar-refractivity contribution in [3.8, 4) is 0 Å². The first-order chi connectivity index (χ1) is 9.88. The third kappa shape index (κ3) is 4.06. The van der Waals surface area contributed by atoms with Crippen LogP contribution in [-0.4, -0.2) is 8.42 Å². The summed E-state index contributed by atoms with van der Waals surface area (Å²) in [6.45, 7) is 4.24. The number of nitrogens with one attached hydrogen (secondary N) is 1. The first-order valence-electron chi connectivity index (χ1n) is 6.82. The average molecular weight is 304 g/mol. The van der Waals surface area contributed by atoms with E-state index < -0.39 is 10.0 Å². The number of primary sulfonamides is 1. The Hall–Kier alpha value is -1.85. The third-order valence-corrected chi connectivity index (χ3v) is 4.22. The van der Waals surface area contributed by atoms with E-state index in [0.29, 0.717) is 5.92 Å². The fourth-order valence-electron chi connectivity index (χ4n) is 2.24. The summed E-state index contributed by atoms with van der Waals surface area (Å²) in [6, 6.07) is 16.8. The monoisotopic (exact) mass is 304 g/mol. The molecule has 0 heterocycles. The summed E-state index contributed by atoms with van der Waals surface area (Å²) in [5.74, 6) is 0.352. The maximum atomic E-state index is 11.4. The van der Waals surface area contributed by atoms with Gasteiger partial charge in [-0.15, -0.1) is 0 Å². The topological polar surface area (TPSA) is 72.2 Å². The van der Waals surface area contributed by atoms with Gasteiger partial charge in [-0.1, -0.05) is 50.2 Å². The molecule has 0 amide bonds. The highest BCUT2D eigenvalue weighted by Crippen LogP contribution is 2.27. The van der Waals surface area contributed by atoms with Crippen LogP contribution in [0.4, 0.5) is 5.69 Å². The van der Waals surface area contributed by atoms with Crippen molar-refractivity contribution < 1.29 is 8.42 Å². The molecule has 3 N–H and O–H groups in total. The van der Waals surface area contributed by atoms with Gasteiger partial charge < -0.3 is 5.32 Å². The second kappa shape index (κ2) is 6.28. The SMILES string of the molecule is CC(C)C(Nc1cccc(S(N)(=O)=O)c1)c1ccccc1. The van der Waals surface area contributed by atoms with E-state index in [4.69, 9.17) is 5.14 Å². The van der Waals surface area contributed by atoms with Crippen molar-refractivity contribution >= 4 is 15.7 Å². The van der Waals surface area contributed by atoms with Crippen LogP contribution in [0.5, 0.6) is 0 Å². The smallest absolute Gasteiger partial charge is 0.238 e. The molecule has 0 fully saturated rings. The highest BCUT2D eigenvalue weighted by molar-refractivity contribution is 7.89. The summed E-state index contributed by atoms with van der Waals surface area (Å²) in [5.41, 5.74) is 1.90. The Kier molecular flexibility index (Phi) is 4.65. The van der Waals surface area contributed by atoms with Gasteiger partial charge in [0.25, 0.3) is 0 Å². The van der Waals surface area contributed by atoms with Crippen LogP contribution >= 0.6 is 0 Å². The normalized spacial score (nSPS) is 13.1. The Morgan fingerprint density at radius 1 is 1.00 bits per heavy atom. The van der Waals surface area contributed by atoms with Crippen LogP contribution in [-0.2, 0) is 10.0 Å². The summed E-state index contributed by atoms with van der Waals surface area (Å²) in [5, 5.41) is 8.56. The van der Waals surface area contributed by atoms with Crippen LogP contribution in [0.2, 0.25) is 0 Å². The van der Waals surface area contributed by atoms with Crippen LogP contribution in [0.3, 0.4) is 0 Å². The van der Waals surface area contributed by atoms with Crippen molar-refractivity contribution in [3.05, 3.63) is 60.2 Å². The van der Waals surface area contributed by atoms with Crippen molar-refractivity contribution in [3.63, 3.8) is 0 Å². The minimum Gasteiger partial charge on any atom is -0.378 e. The summed E-state index contributed by atoms with van der Waals surface area (Å²) in [4.78, 5) is 0.114. The molecule has 0 bridgehead atoms. The summed E-state index contributed by atoms with van der Waals surface area (Å²) >= 11 is 0. The number of rotatable bonds is 5. The van der Waals surface area contributed by atoms with E-state index in [0.717, 1.165) is 11.3 Å². The molecular weight excluding hydrogens is 284 g/mol. The fourth-order valence-corrected chi connectivity index (χ4v) is 2.80. The Morgan fingerprint density at radius 3 is 2.24 bits per heavy atom. The molecule has 2 rings (SSSR count). The van der Waals surface area contributed by atoms with Crippen molar-refractivity contribution in [2.75, 3.05) is 5.32 Å². The molecule has 0 aliphatic carbocycles. The minimum atomic E-state index is -3.69. The predicted octanol–water partition coefficient (Wildman–Crippen LogP) is 3.14. The van der Waals surface area contributed by atoms with Gasteiger partial charge in [0.1, 0.15) is 0 Å². The van der Waals surface area contributed by atoms with Crippen LogP contribution < -0.4 is 10.5 Å². The zero-order chi connectivity index (χ0) is 15.5. The lowest BCUT2D eigenvalue weighted by atomic mass is 9.96. The molecule has 2 aromatic rings. The van der Waals surface area contributed by atoms with Gasteiger partial charge in [0, 0.05) is 5.69 Å². The minimum absolute atomic E-state index is 0.0990. The molecule has 0 aliphatic heterocycles. The van der Waals surface area contributed by atoms with Crippen LogP contribution in [0.25, 0.3) is 0 Å². The zero-order valence-electron chi connectivity index (χ0n) is 12.2. The van der Waals surface area contributed by atoms with Gasteiger partial charge >= 0.3 is 0 Å². The van der Waals surface area contributed by atoms with E-state index >= 15 is 0 Å². The molecule has 0 aliphatic rings. The predicted molar refractivity (Wildman–Crippen MR) is 85.5 cm³/mol. The van der Waals surface area contributed by atoms with Crippen molar-refractivity contribution in [1.29, 1.82) is 0 Å². The van der Waals surface area contributed by atoms with E-state index in [1.807, 2.05) is 24.3 Å². The standard InChI is InChI=1S/C16H20N2O2S/c1-12(2)16(13-7-4-3-5-8-13)18-14-9-6-10-15(11-14)21(17,19)20/h3-12,16,18H,1-2H3,(H2,17,19,20). The molecule has 2 aromatic carbocycles. The largest absolute Gasteiger partial charge is 0.378 e. The van der Waals surface area contributed by atoms with E-state index in [2.05, 4.69) is 31.3 Å². The maximum Gasteiger partial charge on any atom is 0.238 e. The zero-order valence-corrected chi connectivity index (χ0v) is 13.0. The fraction of sp³-hybridized carbons (Fsp3) is 0.250. The molecule has 0 radical (unpaired) electrons. The van der Waals surface area contributed by atoms with Crippen molar-refractivity contribution in [2.24, 2.45) is 11.1 Å². The van der Waals surface area contributed by atoms with Crippen molar-refractivity contribution in [2.45, 2.75) is 24.8 Å². The molecule has 4 nitrogen and oxygen atoms in total. The lowest BCUT2D eigenvalue weighted by molar-refractivity contribution is 0.546. The quantitative estimate of drug-likeness (QED) is 0.891. The Balaban J connectivity index is 2.30. The molecule has 112 valence electrons. The molecular formula is C16H20N2O2S. The molecule has 0 spiro atoms. The van der Waals surface area contributed by atoms with Crippen LogP contribution in [0, 0.1) is 5.92 Å². The van der Waals surface area contributed by atoms with E-state index in [1.54, 1.807) is 12.1 Å². The lowest BCUT2D eigenvalue weighted by Gasteiger charge is -2.24. The second-order valence-electron chi connectivity index (χ2n) is 5.35. The van der Waals surface area contributed by atoms with Crippen molar-refractivity contribution in [1.82, 2.24) is 0 Å². The highest BCUT2D eigenvalue weighted by atomic mass is 32.2. The number of hydrogen-bond acceptors (Lipinski definition) is 3. The van der Waals surface area contributed by atoms with Gasteiger partial charge in [0.05, 0.1) is 10.9 Å². The molecule has 0 aromatic heterocycles. The van der Waals surface area contributed by atoms with Gasteiger partial charge in [0.15, 0.2) is 0 Å². The van der Waals surface area contributed by atoms with Gasteiger partial charge in [-0.3, -0.25) is 0 Å². The van der Waals surface area contributed by atoms with E-state index in [9.17, 15) is 8.42 Å². The molecule has 1 unspecified atom stereocenters. The van der Waals surface area contributed by atoms with Gasteiger partial charge in [0.2, 0.25) is 10.0 Å². The number of anilines is 1. The number of benzene rings is 2. The van der Waals surface area contributed by atoms with E-state index in [1.165, 1.54) is 6.07 Å². The second-order valence-corrected chi connectivity index (χ2v) is 6.91. The Bertz CT molecular complexity index is 697. The Morgan fingerprint density at radius 2 is 1.67 bits per heavy atom. The highest BCUT2D eigenvalue weighted by Gasteiger charge is 2.16. The third-order valence-electron chi connectivity index (χ3n) is 3.31. The summed E-state index contributed by atoms with van der Waals surface area (Å²) < 4.78 is 22.8. The summed E-state index contributed by atoms with van der Waals surface area (Å²) in [7, 11) is -3.69. The average Bonchev–Trinajstić information content (AvgIpc) is 2.45.